The maximum absolute atomic E-state index is 15.2. The van der Waals surface area contributed by atoms with E-state index in [-0.39, 0.29) is 29.5 Å². The number of hydrogen-bond acceptors (Lipinski definition) is 9. The predicted octanol–water partition coefficient (Wildman–Crippen LogP) is 7.02. The summed E-state index contributed by atoms with van der Waals surface area (Å²) in [5.74, 6) is 0.106. The molecule has 0 spiro atoms. The zero-order chi connectivity index (χ0) is 29.4. The van der Waals surface area contributed by atoms with Gasteiger partial charge in [0.05, 0.1) is 17.2 Å². The van der Waals surface area contributed by atoms with Crippen LogP contribution in [0.2, 0.25) is 5.02 Å². The number of carbonyl (C=O) groups excluding carboxylic acids is 1. The molecule has 1 aliphatic rings. The number of pyridine rings is 1. The summed E-state index contributed by atoms with van der Waals surface area (Å²) >= 11 is 7.82. The summed E-state index contributed by atoms with van der Waals surface area (Å²) in [6.07, 6.45) is 0.811. The Bertz CT molecular complexity index is 1360. The second-order valence-corrected chi connectivity index (χ2v) is 12.8. The van der Waals surface area contributed by atoms with Gasteiger partial charge in [-0.3, -0.25) is 4.90 Å². The average Bonchev–Trinajstić information content (AvgIpc) is 3.40. The Morgan fingerprint density at radius 3 is 2.58 bits per heavy atom. The van der Waals surface area contributed by atoms with Gasteiger partial charge < -0.3 is 19.5 Å². The molecule has 1 amide bonds. The second kappa shape index (κ2) is 11.5. The van der Waals surface area contributed by atoms with E-state index in [0.29, 0.717) is 15.6 Å². The number of benzene rings is 1. The lowest BCUT2D eigenvalue weighted by molar-refractivity contribution is -0.0760. The molecule has 0 bridgehead atoms. The third-order valence-corrected chi connectivity index (χ3v) is 7.37. The number of rotatable bonds is 7. The van der Waals surface area contributed by atoms with Crippen molar-refractivity contribution in [3.63, 3.8) is 0 Å². The summed E-state index contributed by atoms with van der Waals surface area (Å²) in [5.41, 5.74) is -0.419. The molecule has 1 aliphatic heterocycles. The standard InChI is InChI=1S/C28H35ClFN5O4S/c1-15(2)32-23-10-9-17(13-31-23)24-33-34-25(40-24)18-11-20(30)22(12-19(18)29)37-14-21-16(3)38-28(7,8)35(21)26(36)39-27(4,5)6/h9-13,15-16,21H,14H2,1-8H3,(H,31,32). The largest absolute Gasteiger partial charge is 0.488 e. The van der Waals surface area contributed by atoms with Crippen LogP contribution in [0.1, 0.15) is 55.4 Å². The lowest BCUT2D eigenvalue weighted by Gasteiger charge is -2.35. The lowest BCUT2D eigenvalue weighted by atomic mass is 10.1. The summed E-state index contributed by atoms with van der Waals surface area (Å²) in [5, 5.41) is 13.1. The normalized spacial score (nSPS) is 18.7. The minimum Gasteiger partial charge on any atom is -0.488 e. The topological polar surface area (TPSA) is 98.7 Å². The minimum atomic E-state index is -0.924. The molecule has 3 heterocycles. The molecule has 0 radical (unpaired) electrons. The third kappa shape index (κ3) is 6.82. The first-order valence-corrected chi connectivity index (χ1v) is 14.2. The van der Waals surface area contributed by atoms with Gasteiger partial charge in [-0.05, 0) is 73.6 Å². The van der Waals surface area contributed by atoms with Gasteiger partial charge in [0.15, 0.2) is 11.6 Å². The smallest absolute Gasteiger partial charge is 0.413 e. The van der Waals surface area contributed by atoms with Gasteiger partial charge >= 0.3 is 6.09 Å². The molecule has 3 aromatic rings. The molecule has 1 fully saturated rings. The molecular weight excluding hydrogens is 557 g/mol. The van der Waals surface area contributed by atoms with Crippen LogP contribution in [0.25, 0.3) is 21.1 Å². The summed E-state index contributed by atoms with van der Waals surface area (Å²) in [7, 11) is 0. The van der Waals surface area contributed by atoms with Gasteiger partial charge in [-0.25, -0.2) is 14.2 Å². The molecule has 216 valence electrons. The van der Waals surface area contributed by atoms with Crippen LogP contribution in [0.4, 0.5) is 15.0 Å². The fourth-order valence-electron chi connectivity index (χ4n) is 4.40. The van der Waals surface area contributed by atoms with E-state index in [2.05, 4.69) is 20.5 Å². The maximum Gasteiger partial charge on any atom is 0.413 e. The van der Waals surface area contributed by atoms with Gasteiger partial charge in [-0.1, -0.05) is 22.9 Å². The molecule has 1 aromatic carbocycles. The Hall–Kier alpha value is -3.02. The summed E-state index contributed by atoms with van der Waals surface area (Å²) < 4.78 is 32.6. The number of anilines is 1. The Balaban J connectivity index is 1.50. The number of amides is 1. The van der Waals surface area contributed by atoms with Gasteiger partial charge in [0.1, 0.15) is 33.8 Å². The van der Waals surface area contributed by atoms with Crippen molar-refractivity contribution in [3.05, 3.63) is 41.3 Å². The minimum absolute atomic E-state index is 0.0198. The number of aromatic nitrogens is 3. The molecule has 9 nitrogen and oxygen atoms in total. The number of nitrogens with one attached hydrogen (secondary N) is 1. The highest BCUT2D eigenvalue weighted by molar-refractivity contribution is 7.18. The van der Waals surface area contributed by atoms with Gasteiger partial charge in [-0.2, -0.15) is 0 Å². The van der Waals surface area contributed by atoms with Gasteiger partial charge in [0.2, 0.25) is 0 Å². The van der Waals surface area contributed by atoms with Crippen LogP contribution in [0, 0.1) is 5.82 Å². The first-order chi connectivity index (χ1) is 18.6. The summed E-state index contributed by atoms with van der Waals surface area (Å²) in [4.78, 5) is 18.9. The Morgan fingerprint density at radius 1 is 1.25 bits per heavy atom. The van der Waals surface area contributed by atoms with E-state index >= 15 is 4.39 Å². The van der Waals surface area contributed by atoms with E-state index in [1.54, 1.807) is 40.8 Å². The number of nitrogens with zero attached hydrogens (tertiary/aromatic N) is 4. The summed E-state index contributed by atoms with van der Waals surface area (Å²) in [6, 6.07) is 6.21. The lowest BCUT2D eigenvalue weighted by Crippen LogP contribution is -2.52. The van der Waals surface area contributed by atoms with Crippen molar-refractivity contribution in [2.75, 3.05) is 11.9 Å². The Kier molecular flexibility index (Phi) is 8.58. The number of ether oxygens (including phenoxy) is 3. The fraction of sp³-hybridized carbons (Fsp3) is 0.500. The molecule has 2 unspecified atom stereocenters. The maximum atomic E-state index is 15.2. The second-order valence-electron chi connectivity index (χ2n) is 11.4. The molecule has 40 heavy (non-hydrogen) atoms. The van der Waals surface area contributed by atoms with Crippen LogP contribution in [0.3, 0.4) is 0 Å². The third-order valence-electron chi connectivity index (χ3n) is 6.05. The van der Waals surface area contributed by atoms with E-state index in [1.165, 1.54) is 28.4 Å². The number of halogens is 2. The highest BCUT2D eigenvalue weighted by atomic mass is 35.5. The van der Waals surface area contributed by atoms with Crippen molar-refractivity contribution in [1.82, 2.24) is 20.1 Å². The molecule has 1 N–H and O–H groups in total. The van der Waals surface area contributed by atoms with Crippen molar-refractivity contribution in [2.24, 2.45) is 0 Å². The van der Waals surface area contributed by atoms with Gasteiger partial charge in [-0.15, -0.1) is 10.2 Å². The van der Waals surface area contributed by atoms with E-state index in [1.807, 2.05) is 32.9 Å². The van der Waals surface area contributed by atoms with Crippen molar-refractivity contribution in [3.8, 4) is 26.9 Å². The van der Waals surface area contributed by atoms with Gasteiger partial charge in [0.25, 0.3) is 0 Å². The zero-order valence-corrected chi connectivity index (χ0v) is 25.5. The van der Waals surface area contributed by atoms with E-state index in [4.69, 9.17) is 25.8 Å². The molecule has 0 aliphatic carbocycles. The number of hydrogen-bond donors (Lipinski definition) is 1. The zero-order valence-electron chi connectivity index (χ0n) is 23.9. The van der Waals surface area contributed by atoms with Crippen LogP contribution in [0.15, 0.2) is 30.5 Å². The molecular formula is C28H35ClFN5O4S. The van der Waals surface area contributed by atoms with Crippen LogP contribution in [-0.2, 0) is 9.47 Å². The molecule has 0 saturated carbocycles. The molecule has 2 atom stereocenters. The molecule has 1 saturated heterocycles. The van der Waals surface area contributed by atoms with E-state index in [9.17, 15) is 4.79 Å². The van der Waals surface area contributed by atoms with Gasteiger partial charge in [0, 0.05) is 29.4 Å². The van der Waals surface area contributed by atoms with Crippen molar-refractivity contribution >= 4 is 34.8 Å². The Labute approximate surface area is 243 Å². The average molecular weight is 592 g/mol. The fourth-order valence-corrected chi connectivity index (χ4v) is 5.57. The monoisotopic (exact) mass is 591 g/mol. The first kappa shape index (κ1) is 30.0. The van der Waals surface area contributed by atoms with Crippen LogP contribution >= 0.6 is 22.9 Å². The SMILES string of the molecule is CC(C)Nc1ccc(-c2nnc(-c3cc(F)c(OCC4C(C)OC(C)(C)N4C(=O)OC(C)(C)C)cc3Cl)s2)cn1. The Morgan fingerprint density at radius 2 is 1.95 bits per heavy atom. The highest BCUT2D eigenvalue weighted by Crippen LogP contribution is 2.38. The van der Waals surface area contributed by atoms with E-state index < -0.39 is 29.3 Å². The first-order valence-electron chi connectivity index (χ1n) is 13.0. The van der Waals surface area contributed by atoms with E-state index in [0.717, 1.165) is 11.4 Å². The quantitative estimate of drug-likeness (QED) is 0.313. The highest BCUT2D eigenvalue weighted by Gasteiger charge is 2.50. The molecule has 2 aromatic heterocycles. The number of carbonyl (C=O) groups is 1. The van der Waals surface area contributed by atoms with Crippen LogP contribution in [-0.4, -0.2) is 62.3 Å². The van der Waals surface area contributed by atoms with Crippen molar-refractivity contribution in [1.29, 1.82) is 0 Å². The van der Waals surface area contributed by atoms with Crippen LogP contribution < -0.4 is 10.1 Å². The summed E-state index contributed by atoms with van der Waals surface area (Å²) in [6.45, 7) is 14.8. The van der Waals surface area contributed by atoms with Crippen LogP contribution in [0.5, 0.6) is 5.75 Å². The molecule has 12 heteroatoms. The molecule has 4 rings (SSSR count). The van der Waals surface area contributed by atoms with Crippen molar-refractivity contribution in [2.45, 2.75) is 84.9 Å². The van der Waals surface area contributed by atoms with Crippen molar-refractivity contribution < 1.29 is 23.4 Å². The predicted molar refractivity (Wildman–Crippen MR) is 154 cm³/mol.